The van der Waals surface area contributed by atoms with Gasteiger partial charge < -0.3 is 15.4 Å². The van der Waals surface area contributed by atoms with Crippen molar-refractivity contribution in [3.05, 3.63) is 18.2 Å². The zero-order valence-corrected chi connectivity index (χ0v) is 10.9. The van der Waals surface area contributed by atoms with Crippen molar-refractivity contribution in [1.29, 1.82) is 0 Å². The zero-order valence-electron chi connectivity index (χ0n) is 10.9. The molecule has 3 nitrogen and oxygen atoms in total. The molecule has 0 bridgehead atoms. The van der Waals surface area contributed by atoms with Gasteiger partial charge in [0.05, 0.1) is 12.2 Å². The SMILES string of the molecule is CCCN1CC(C(C)C)Oc2cccc(N)c21. The minimum absolute atomic E-state index is 0.260. The van der Waals surface area contributed by atoms with Crippen LogP contribution in [0.1, 0.15) is 27.2 Å². The van der Waals surface area contributed by atoms with Gasteiger partial charge in [-0.15, -0.1) is 0 Å². The van der Waals surface area contributed by atoms with Gasteiger partial charge in [-0.05, 0) is 24.5 Å². The maximum absolute atomic E-state index is 6.06. The quantitative estimate of drug-likeness (QED) is 0.817. The molecule has 0 saturated heterocycles. The molecule has 0 amide bonds. The highest BCUT2D eigenvalue weighted by atomic mass is 16.5. The molecule has 2 N–H and O–H groups in total. The Bertz CT molecular complexity index is 390. The molecule has 0 spiro atoms. The summed E-state index contributed by atoms with van der Waals surface area (Å²) >= 11 is 0. The summed E-state index contributed by atoms with van der Waals surface area (Å²) in [4.78, 5) is 2.36. The van der Waals surface area contributed by atoms with E-state index in [1.165, 1.54) is 0 Å². The average molecular weight is 234 g/mol. The van der Waals surface area contributed by atoms with Crippen LogP contribution in [0.4, 0.5) is 11.4 Å². The molecule has 1 aromatic carbocycles. The van der Waals surface area contributed by atoms with Gasteiger partial charge in [0.25, 0.3) is 0 Å². The molecule has 3 heteroatoms. The van der Waals surface area contributed by atoms with Gasteiger partial charge in [0, 0.05) is 6.54 Å². The number of nitrogen functional groups attached to an aromatic ring is 1. The Kier molecular flexibility index (Phi) is 3.46. The summed E-state index contributed by atoms with van der Waals surface area (Å²) in [7, 11) is 0. The highest BCUT2D eigenvalue weighted by molar-refractivity contribution is 5.75. The van der Waals surface area contributed by atoms with E-state index < -0.39 is 0 Å². The Balaban J connectivity index is 2.35. The molecular formula is C14H22N2O. The fourth-order valence-electron chi connectivity index (χ4n) is 2.30. The van der Waals surface area contributed by atoms with E-state index in [9.17, 15) is 0 Å². The molecule has 0 aromatic heterocycles. The van der Waals surface area contributed by atoms with E-state index in [0.717, 1.165) is 36.6 Å². The molecule has 1 heterocycles. The van der Waals surface area contributed by atoms with E-state index in [2.05, 4.69) is 25.7 Å². The molecule has 0 radical (unpaired) electrons. The molecular weight excluding hydrogens is 212 g/mol. The second-order valence-electron chi connectivity index (χ2n) is 5.04. The van der Waals surface area contributed by atoms with Crippen LogP contribution in [0.2, 0.25) is 0 Å². The summed E-state index contributed by atoms with van der Waals surface area (Å²) in [5, 5.41) is 0. The first-order chi connectivity index (χ1) is 8.13. The Morgan fingerprint density at radius 3 is 2.88 bits per heavy atom. The first-order valence-corrected chi connectivity index (χ1v) is 6.43. The van der Waals surface area contributed by atoms with Crippen molar-refractivity contribution in [3.63, 3.8) is 0 Å². The lowest BCUT2D eigenvalue weighted by molar-refractivity contribution is 0.146. The van der Waals surface area contributed by atoms with E-state index in [4.69, 9.17) is 10.5 Å². The van der Waals surface area contributed by atoms with Gasteiger partial charge in [-0.1, -0.05) is 26.8 Å². The first-order valence-electron chi connectivity index (χ1n) is 6.43. The molecule has 0 fully saturated rings. The lowest BCUT2D eigenvalue weighted by Gasteiger charge is -2.38. The number of anilines is 2. The predicted octanol–water partition coefficient (Wildman–Crippen LogP) is 2.90. The summed E-state index contributed by atoms with van der Waals surface area (Å²) in [5.74, 6) is 1.45. The molecule has 17 heavy (non-hydrogen) atoms. The Hall–Kier alpha value is -1.38. The molecule has 1 aromatic rings. The minimum atomic E-state index is 0.260. The van der Waals surface area contributed by atoms with Crippen LogP contribution in [0.25, 0.3) is 0 Å². The van der Waals surface area contributed by atoms with Crippen LogP contribution in [0.5, 0.6) is 5.75 Å². The van der Waals surface area contributed by atoms with Crippen LogP contribution < -0.4 is 15.4 Å². The van der Waals surface area contributed by atoms with Gasteiger partial charge in [0.15, 0.2) is 0 Å². The van der Waals surface area contributed by atoms with Gasteiger partial charge in [-0.25, -0.2) is 0 Å². The molecule has 94 valence electrons. The maximum atomic E-state index is 6.06. The second-order valence-corrected chi connectivity index (χ2v) is 5.04. The van der Waals surface area contributed by atoms with Crippen LogP contribution in [-0.2, 0) is 0 Å². The fourth-order valence-corrected chi connectivity index (χ4v) is 2.30. The number of benzene rings is 1. The van der Waals surface area contributed by atoms with Crippen LogP contribution in [0.15, 0.2) is 18.2 Å². The van der Waals surface area contributed by atoms with E-state index in [-0.39, 0.29) is 6.10 Å². The summed E-state index contributed by atoms with van der Waals surface area (Å²) in [6, 6.07) is 5.92. The van der Waals surface area contributed by atoms with Crippen molar-refractivity contribution < 1.29 is 4.74 Å². The zero-order chi connectivity index (χ0) is 12.4. The largest absolute Gasteiger partial charge is 0.486 e. The summed E-state index contributed by atoms with van der Waals surface area (Å²) in [6.07, 6.45) is 1.38. The number of hydrogen-bond acceptors (Lipinski definition) is 3. The number of nitrogens with zero attached hydrogens (tertiary/aromatic N) is 1. The normalized spacial score (nSPS) is 19.1. The van der Waals surface area contributed by atoms with Crippen LogP contribution in [-0.4, -0.2) is 19.2 Å². The molecule has 1 aliphatic rings. The lowest BCUT2D eigenvalue weighted by Crippen LogP contribution is -2.43. The number of hydrogen-bond donors (Lipinski definition) is 1. The summed E-state index contributed by atoms with van der Waals surface area (Å²) in [5.41, 5.74) is 7.95. The van der Waals surface area contributed by atoms with E-state index >= 15 is 0 Å². The van der Waals surface area contributed by atoms with Crippen molar-refractivity contribution >= 4 is 11.4 Å². The van der Waals surface area contributed by atoms with Gasteiger partial charge >= 0.3 is 0 Å². The Morgan fingerprint density at radius 1 is 1.47 bits per heavy atom. The third kappa shape index (κ3) is 2.33. The third-order valence-electron chi connectivity index (χ3n) is 3.26. The van der Waals surface area contributed by atoms with Crippen molar-refractivity contribution in [2.24, 2.45) is 5.92 Å². The van der Waals surface area contributed by atoms with Gasteiger partial charge in [0.1, 0.15) is 17.5 Å². The van der Waals surface area contributed by atoms with Gasteiger partial charge in [0.2, 0.25) is 0 Å². The highest BCUT2D eigenvalue weighted by Gasteiger charge is 2.28. The Morgan fingerprint density at radius 2 is 2.24 bits per heavy atom. The fraction of sp³-hybridized carbons (Fsp3) is 0.571. The van der Waals surface area contributed by atoms with E-state index in [1.807, 2.05) is 18.2 Å². The van der Waals surface area contributed by atoms with Gasteiger partial charge in [-0.3, -0.25) is 0 Å². The number of para-hydroxylation sites is 1. The van der Waals surface area contributed by atoms with E-state index in [1.54, 1.807) is 0 Å². The number of nitrogens with two attached hydrogens (primary N) is 1. The molecule has 1 unspecified atom stereocenters. The highest BCUT2D eigenvalue weighted by Crippen LogP contribution is 2.39. The first kappa shape index (κ1) is 12.1. The van der Waals surface area contributed by atoms with Crippen molar-refractivity contribution in [3.8, 4) is 5.75 Å². The molecule has 1 aliphatic heterocycles. The van der Waals surface area contributed by atoms with Crippen molar-refractivity contribution in [1.82, 2.24) is 0 Å². The number of rotatable bonds is 3. The topological polar surface area (TPSA) is 38.5 Å². The smallest absolute Gasteiger partial charge is 0.145 e. The standard InChI is InChI=1S/C14H22N2O/c1-4-8-16-9-13(10(2)3)17-12-7-5-6-11(15)14(12)16/h5-7,10,13H,4,8-9,15H2,1-3H3. The molecule has 1 atom stereocenters. The number of ether oxygens (including phenoxy) is 1. The third-order valence-corrected chi connectivity index (χ3v) is 3.26. The summed E-state index contributed by atoms with van der Waals surface area (Å²) in [6.45, 7) is 8.57. The van der Waals surface area contributed by atoms with Crippen LogP contribution in [0, 0.1) is 5.92 Å². The van der Waals surface area contributed by atoms with Crippen LogP contribution in [0.3, 0.4) is 0 Å². The molecule has 0 saturated carbocycles. The Labute approximate surface area is 104 Å². The van der Waals surface area contributed by atoms with Crippen molar-refractivity contribution in [2.75, 3.05) is 23.7 Å². The van der Waals surface area contributed by atoms with Crippen molar-refractivity contribution in [2.45, 2.75) is 33.3 Å². The lowest BCUT2D eigenvalue weighted by atomic mass is 10.0. The molecule has 2 rings (SSSR count). The maximum Gasteiger partial charge on any atom is 0.145 e. The van der Waals surface area contributed by atoms with Crippen LogP contribution >= 0.6 is 0 Å². The van der Waals surface area contributed by atoms with E-state index in [0.29, 0.717) is 5.92 Å². The average Bonchev–Trinajstić information content (AvgIpc) is 2.29. The predicted molar refractivity (Wildman–Crippen MR) is 72.6 cm³/mol. The monoisotopic (exact) mass is 234 g/mol. The summed E-state index contributed by atoms with van der Waals surface area (Å²) < 4.78 is 6.03. The minimum Gasteiger partial charge on any atom is -0.486 e. The second kappa shape index (κ2) is 4.86. The molecule has 0 aliphatic carbocycles. The van der Waals surface area contributed by atoms with Gasteiger partial charge in [-0.2, -0.15) is 0 Å². The number of fused-ring (bicyclic) bond motifs is 1.